The number of hydrogen-bond acceptors (Lipinski definition) is 3. The van der Waals surface area contributed by atoms with Crippen LogP contribution in [0.4, 0.5) is 11.4 Å². The number of anilines is 2. The second kappa shape index (κ2) is 5.83. The highest BCUT2D eigenvalue weighted by atomic mass is 127. The van der Waals surface area contributed by atoms with Crippen LogP contribution in [0.1, 0.15) is 10.4 Å². The Morgan fingerprint density at radius 2 is 1.89 bits per heavy atom. The fraction of sp³-hybridized carbons (Fsp3) is 0. The number of rotatable bonds is 3. The van der Waals surface area contributed by atoms with Gasteiger partial charge in [-0.25, -0.2) is 0 Å². The first-order chi connectivity index (χ1) is 8.70. The lowest BCUT2D eigenvalue weighted by atomic mass is 10.1. The number of nitrogen functional groups attached to an aromatic ring is 1. The van der Waals surface area contributed by atoms with Crippen LogP contribution in [0.3, 0.4) is 0 Å². The zero-order chi connectivity index (χ0) is 13.0. The molecule has 0 aliphatic heterocycles. The smallest absolute Gasteiger partial charge is 0.257 e. The summed E-state index contributed by atoms with van der Waals surface area (Å²) in [5.41, 5.74) is 4.38. The van der Waals surface area contributed by atoms with E-state index < -0.39 is 0 Å². The number of benzene rings is 2. The van der Waals surface area contributed by atoms with Crippen molar-refractivity contribution in [1.82, 2.24) is 0 Å². The lowest BCUT2D eigenvalue weighted by Gasteiger charge is -2.09. The molecule has 0 saturated carbocycles. The van der Waals surface area contributed by atoms with Gasteiger partial charge >= 0.3 is 0 Å². The van der Waals surface area contributed by atoms with E-state index in [-0.39, 0.29) is 5.91 Å². The van der Waals surface area contributed by atoms with Crippen LogP contribution in [0, 0.1) is 3.57 Å². The Balaban J connectivity index is 2.22. The van der Waals surface area contributed by atoms with Crippen molar-refractivity contribution in [2.24, 2.45) is 5.84 Å². The van der Waals surface area contributed by atoms with Crippen molar-refractivity contribution in [2.45, 2.75) is 0 Å². The molecule has 0 saturated heterocycles. The van der Waals surface area contributed by atoms with Crippen molar-refractivity contribution < 1.29 is 4.79 Å². The van der Waals surface area contributed by atoms with Gasteiger partial charge in [-0.15, -0.1) is 0 Å². The number of para-hydroxylation sites is 1. The van der Waals surface area contributed by atoms with Gasteiger partial charge in [0.25, 0.3) is 5.91 Å². The molecule has 0 spiro atoms. The average molecular weight is 353 g/mol. The Hall–Kier alpha value is -1.60. The highest BCUT2D eigenvalue weighted by molar-refractivity contribution is 14.1. The van der Waals surface area contributed by atoms with Gasteiger partial charge in [0.1, 0.15) is 0 Å². The number of amides is 1. The predicted molar refractivity (Wildman–Crippen MR) is 81.4 cm³/mol. The first-order valence-corrected chi connectivity index (χ1v) is 6.41. The maximum atomic E-state index is 12.1. The van der Waals surface area contributed by atoms with Gasteiger partial charge in [-0.3, -0.25) is 10.6 Å². The summed E-state index contributed by atoms with van der Waals surface area (Å²) >= 11 is 2.20. The molecule has 4 nitrogen and oxygen atoms in total. The molecule has 2 rings (SSSR count). The molecular weight excluding hydrogens is 341 g/mol. The molecule has 0 atom stereocenters. The number of nitrogens with one attached hydrogen (secondary N) is 2. The van der Waals surface area contributed by atoms with Gasteiger partial charge in [0, 0.05) is 9.26 Å². The first kappa shape index (κ1) is 12.8. The summed E-state index contributed by atoms with van der Waals surface area (Å²) in [6, 6.07) is 14.7. The van der Waals surface area contributed by atoms with Gasteiger partial charge < -0.3 is 10.7 Å². The number of hydrogen-bond donors (Lipinski definition) is 3. The monoisotopic (exact) mass is 353 g/mol. The van der Waals surface area contributed by atoms with Crippen molar-refractivity contribution in [3.8, 4) is 0 Å². The minimum absolute atomic E-state index is 0.189. The average Bonchev–Trinajstić information content (AvgIpc) is 2.38. The summed E-state index contributed by atoms with van der Waals surface area (Å²) < 4.78 is 1.07. The highest BCUT2D eigenvalue weighted by Gasteiger charge is 2.10. The lowest BCUT2D eigenvalue weighted by Crippen LogP contribution is -2.17. The van der Waals surface area contributed by atoms with Gasteiger partial charge in [-0.05, 0) is 52.9 Å². The lowest BCUT2D eigenvalue weighted by molar-refractivity contribution is 0.102. The molecule has 18 heavy (non-hydrogen) atoms. The predicted octanol–water partition coefficient (Wildman–Crippen LogP) is 2.83. The normalized spacial score (nSPS) is 9.89. The zero-order valence-electron chi connectivity index (χ0n) is 9.48. The SMILES string of the molecule is NNc1ccccc1C(=O)Nc1cccc(I)c1. The standard InChI is InChI=1S/C13H12IN3O/c14-9-4-3-5-10(8-9)16-13(18)11-6-1-2-7-12(11)17-15/h1-8,17H,15H2,(H,16,18). The van der Waals surface area contributed by atoms with Crippen LogP contribution in [0.15, 0.2) is 48.5 Å². The molecule has 0 aliphatic rings. The molecule has 2 aromatic carbocycles. The van der Waals surface area contributed by atoms with Gasteiger partial charge in [0.15, 0.2) is 0 Å². The molecule has 0 unspecified atom stereocenters. The van der Waals surface area contributed by atoms with E-state index in [4.69, 9.17) is 5.84 Å². The Morgan fingerprint density at radius 3 is 2.61 bits per heavy atom. The summed E-state index contributed by atoms with van der Waals surface area (Å²) in [5, 5.41) is 2.83. The van der Waals surface area contributed by atoms with Crippen molar-refractivity contribution in [1.29, 1.82) is 0 Å². The largest absolute Gasteiger partial charge is 0.323 e. The van der Waals surface area contributed by atoms with E-state index in [0.29, 0.717) is 11.3 Å². The minimum Gasteiger partial charge on any atom is -0.323 e. The van der Waals surface area contributed by atoms with Crippen LogP contribution >= 0.6 is 22.6 Å². The second-order valence-electron chi connectivity index (χ2n) is 3.65. The summed E-state index contributed by atoms with van der Waals surface area (Å²) in [6.07, 6.45) is 0. The molecule has 0 aromatic heterocycles. The third-order valence-electron chi connectivity index (χ3n) is 2.41. The van der Waals surface area contributed by atoms with Crippen molar-refractivity contribution in [3.05, 3.63) is 57.7 Å². The highest BCUT2D eigenvalue weighted by Crippen LogP contribution is 2.17. The van der Waals surface area contributed by atoms with Crippen LogP contribution in [0.25, 0.3) is 0 Å². The first-order valence-electron chi connectivity index (χ1n) is 5.33. The number of hydrazine groups is 1. The molecule has 0 fully saturated rings. The Morgan fingerprint density at radius 1 is 1.11 bits per heavy atom. The van der Waals surface area contributed by atoms with E-state index in [1.54, 1.807) is 18.2 Å². The van der Waals surface area contributed by atoms with Crippen LogP contribution in [0.5, 0.6) is 0 Å². The quantitative estimate of drug-likeness (QED) is 0.452. The molecule has 4 N–H and O–H groups in total. The van der Waals surface area contributed by atoms with Crippen molar-refractivity contribution in [2.75, 3.05) is 10.7 Å². The van der Waals surface area contributed by atoms with Crippen LogP contribution < -0.4 is 16.6 Å². The maximum absolute atomic E-state index is 12.1. The Kier molecular flexibility index (Phi) is 4.16. The fourth-order valence-corrected chi connectivity index (χ4v) is 2.11. The summed E-state index contributed by atoms with van der Waals surface area (Å²) in [7, 11) is 0. The van der Waals surface area contributed by atoms with Crippen LogP contribution in [-0.2, 0) is 0 Å². The molecule has 0 heterocycles. The van der Waals surface area contributed by atoms with Gasteiger partial charge in [0.2, 0.25) is 0 Å². The number of carbonyl (C=O) groups excluding carboxylic acids is 1. The number of carbonyl (C=O) groups is 1. The topological polar surface area (TPSA) is 67.1 Å². The second-order valence-corrected chi connectivity index (χ2v) is 4.90. The molecule has 0 aliphatic carbocycles. The van der Waals surface area contributed by atoms with E-state index in [1.807, 2.05) is 30.3 Å². The molecule has 5 heteroatoms. The Bertz CT molecular complexity index is 572. The van der Waals surface area contributed by atoms with E-state index in [2.05, 4.69) is 33.3 Å². The van der Waals surface area contributed by atoms with E-state index in [1.165, 1.54) is 0 Å². The fourth-order valence-electron chi connectivity index (χ4n) is 1.57. The van der Waals surface area contributed by atoms with Crippen LogP contribution in [-0.4, -0.2) is 5.91 Å². The molecule has 2 aromatic rings. The number of halogens is 1. The Labute approximate surface area is 119 Å². The van der Waals surface area contributed by atoms with Crippen molar-refractivity contribution in [3.63, 3.8) is 0 Å². The van der Waals surface area contributed by atoms with E-state index in [0.717, 1.165) is 9.26 Å². The van der Waals surface area contributed by atoms with E-state index in [9.17, 15) is 4.79 Å². The molecule has 0 bridgehead atoms. The minimum atomic E-state index is -0.189. The summed E-state index contributed by atoms with van der Waals surface area (Å²) in [5.74, 6) is 5.19. The maximum Gasteiger partial charge on any atom is 0.257 e. The summed E-state index contributed by atoms with van der Waals surface area (Å²) in [4.78, 5) is 12.1. The van der Waals surface area contributed by atoms with Gasteiger partial charge in [-0.1, -0.05) is 18.2 Å². The van der Waals surface area contributed by atoms with Crippen LogP contribution in [0.2, 0.25) is 0 Å². The van der Waals surface area contributed by atoms with Crippen molar-refractivity contribution >= 4 is 39.9 Å². The number of nitrogens with two attached hydrogens (primary N) is 1. The zero-order valence-corrected chi connectivity index (χ0v) is 11.6. The molecule has 92 valence electrons. The third-order valence-corrected chi connectivity index (χ3v) is 3.08. The molecule has 0 radical (unpaired) electrons. The van der Waals surface area contributed by atoms with E-state index >= 15 is 0 Å². The van der Waals surface area contributed by atoms with Gasteiger partial charge in [-0.2, -0.15) is 0 Å². The molecular formula is C13H12IN3O. The third kappa shape index (κ3) is 2.99. The summed E-state index contributed by atoms with van der Waals surface area (Å²) in [6.45, 7) is 0. The molecule has 1 amide bonds. The van der Waals surface area contributed by atoms with Gasteiger partial charge in [0.05, 0.1) is 11.3 Å².